The number of alkyl halides is 2. The molecule has 1 unspecified atom stereocenters. The molecular formula is C16H26F2N2. The molecule has 1 rings (SSSR count). The Labute approximate surface area is 121 Å². The van der Waals surface area contributed by atoms with Gasteiger partial charge < -0.3 is 5.73 Å². The van der Waals surface area contributed by atoms with Crippen molar-refractivity contribution < 1.29 is 8.78 Å². The highest BCUT2D eigenvalue weighted by molar-refractivity contribution is 5.20. The molecule has 1 aromatic carbocycles. The summed E-state index contributed by atoms with van der Waals surface area (Å²) in [4.78, 5) is 1.83. The average Bonchev–Trinajstić information content (AvgIpc) is 2.46. The Morgan fingerprint density at radius 2 is 1.75 bits per heavy atom. The lowest BCUT2D eigenvalue weighted by molar-refractivity contribution is -0.0644. The highest BCUT2D eigenvalue weighted by Crippen LogP contribution is 2.32. The van der Waals surface area contributed by atoms with Gasteiger partial charge in [0.05, 0.1) is 6.54 Å². The molecule has 1 aromatic rings. The fourth-order valence-electron chi connectivity index (χ4n) is 2.32. The van der Waals surface area contributed by atoms with E-state index in [-0.39, 0.29) is 17.6 Å². The van der Waals surface area contributed by atoms with Crippen molar-refractivity contribution in [2.24, 2.45) is 5.73 Å². The van der Waals surface area contributed by atoms with Gasteiger partial charge in [-0.3, -0.25) is 4.90 Å². The minimum Gasteiger partial charge on any atom is -0.329 e. The highest BCUT2D eigenvalue weighted by Gasteiger charge is 2.39. The molecule has 0 fully saturated rings. The number of halogens is 2. The molecule has 2 nitrogen and oxygen atoms in total. The number of hydrogen-bond donors (Lipinski definition) is 1. The molecular weight excluding hydrogens is 258 g/mol. The molecule has 4 heteroatoms. The molecule has 0 heterocycles. The van der Waals surface area contributed by atoms with Gasteiger partial charge in [-0.2, -0.15) is 8.78 Å². The molecule has 2 N–H and O–H groups in total. The average molecular weight is 284 g/mol. The normalized spacial score (nSPS) is 15.3. The minimum absolute atomic E-state index is 0.0663. The number of benzene rings is 1. The molecule has 0 amide bonds. The first-order chi connectivity index (χ1) is 9.39. The molecule has 0 saturated heterocycles. The smallest absolute Gasteiger partial charge is 0.285 e. The Kier molecular flexibility index (Phi) is 6.08. The zero-order chi connectivity index (χ0) is 15.2. The number of nitrogens with zero attached hydrogens (tertiary/aromatic N) is 1. The maximum atomic E-state index is 14.4. The second kappa shape index (κ2) is 7.14. The van der Waals surface area contributed by atoms with Crippen molar-refractivity contribution in [1.29, 1.82) is 0 Å². The fraction of sp³-hybridized carbons (Fsp3) is 0.625. The van der Waals surface area contributed by atoms with Gasteiger partial charge in [0.15, 0.2) is 0 Å². The SMILES string of the molecule is CCCN(CC(F)(F)c1ccccc1)C(C)(CC)CN. The molecule has 114 valence electrons. The predicted octanol–water partition coefficient (Wildman–Crippen LogP) is 3.62. The number of rotatable bonds is 8. The van der Waals surface area contributed by atoms with Crippen molar-refractivity contribution in [3.8, 4) is 0 Å². The Balaban J connectivity index is 2.95. The summed E-state index contributed by atoms with van der Waals surface area (Å²) in [5.74, 6) is -2.86. The van der Waals surface area contributed by atoms with Crippen LogP contribution in [0.15, 0.2) is 30.3 Å². The molecule has 0 aliphatic heterocycles. The summed E-state index contributed by atoms with van der Waals surface area (Å²) in [7, 11) is 0. The Bertz CT molecular complexity index is 389. The predicted molar refractivity (Wildman–Crippen MR) is 80.0 cm³/mol. The van der Waals surface area contributed by atoms with Crippen LogP contribution in [0.5, 0.6) is 0 Å². The van der Waals surface area contributed by atoms with Gasteiger partial charge in [-0.15, -0.1) is 0 Å². The lowest BCUT2D eigenvalue weighted by Gasteiger charge is -2.41. The molecule has 0 aliphatic rings. The lowest BCUT2D eigenvalue weighted by Crippen LogP contribution is -2.54. The third kappa shape index (κ3) is 4.00. The van der Waals surface area contributed by atoms with Crippen LogP contribution in [0.2, 0.25) is 0 Å². The summed E-state index contributed by atoms with van der Waals surface area (Å²) in [6.07, 6.45) is 1.59. The molecule has 0 aromatic heterocycles. The summed E-state index contributed by atoms with van der Waals surface area (Å²) in [6, 6.07) is 8.01. The van der Waals surface area contributed by atoms with Gasteiger partial charge >= 0.3 is 0 Å². The minimum atomic E-state index is -2.86. The first-order valence-corrected chi connectivity index (χ1v) is 7.28. The van der Waals surface area contributed by atoms with E-state index in [1.54, 1.807) is 18.2 Å². The van der Waals surface area contributed by atoms with E-state index in [0.717, 1.165) is 12.8 Å². The third-order valence-corrected chi connectivity index (χ3v) is 4.04. The number of hydrogen-bond acceptors (Lipinski definition) is 2. The molecule has 0 radical (unpaired) electrons. The first-order valence-electron chi connectivity index (χ1n) is 7.28. The van der Waals surface area contributed by atoms with E-state index >= 15 is 0 Å². The van der Waals surface area contributed by atoms with Crippen molar-refractivity contribution in [3.63, 3.8) is 0 Å². The van der Waals surface area contributed by atoms with Crippen LogP contribution in [0.4, 0.5) is 8.78 Å². The second-order valence-corrected chi connectivity index (χ2v) is 5.55. The van der Waals surface area contributed by atoms with Crippen molar-refractivity contribution in [2.45, 2.75) is 45.1 Å². The van der Waals surface area contributed by atoms with E-state index in [1.165, 1.54) is 12.1 Å². The van der Waals surface area contributed by atoms with Gasteiger partial charge in [0.1, 0.15) is 0 Å². The van der Waals surface area contributed by atoms with Crippen LogP contribution < -0.4 is 5.73 Å². The van der Waals surface area contributed by atoms with Crippen LogP contribution in [0.1, 0.15) is 39.2 Å². The van der Waals surface area contributed by atoms with Crippen molar-refractivity contribution in [2.75, 3.05) is 19.6 Å². The molecule has 0 spiro atoms. The topological polar surface area (TPSA) is 29.3 Å². The van der Waals surface area contributed by atoms with Crippen LogP contribution in [-0.4, -0.2) is 30.1 Å². The van der Waals surface area contributed by atoms with Gasteiger partial charge in [-0.25, -0.2) is 0 Å². The second-order valence-electron chi connectivity index (χ2n) is 5.55. The van der Waals surface area contributed by atoms with Crippen LogP contribution in [-0.2, 0) is 5.92 Å². The van der Waals surface area contributed by atoms with Crippen molar-refractivity contribution in [1.82, 2.24) is 4.90 Å². The molecule has 1 atom stereocenters. The van der Waals surface area contributed by atoms with E-state index in [2.05, 4.69) is 0 Å². The third-order valence-electron chi connectivity index (χ3n) is 4.04. The van der Waals surface area contributed by atoms with E-state index in [1.807, 2.05) is 25.7 Å². The van der Waals surface area contributed by atoms with Crippen LogP contribution in [0.3, 0.4) is 0 Å². The number of nitrogens with two attached hydrogens (primary N) is 1. The first kappa shape index (κ1) is 17.1. The highest BCUT2D eigenvalue weighted by atomic mass is 19.3. The van der Waals surface area contributed by atoms with E-state index < -0.39 is 5.92 Å². The molecule has 0 bridgehead atoms. The molecule has 0 saturated carbocycles. The monoisotopic (exact) mass is 284 g/mol. The maximum Gasteiger partial charge on any atom is 0.285 e. The fourth-order valence-corrected chi connectivity index (χ4v) is 2.32. The zero-order valence-electron chi connectivity index (χ0n) is 12.7. The van der Waals surface area contributed by atoms with Gasteiger partial charge in [-0.05, 0) is 26.3 Å². The van der Waals surface area contributed by atoms with Gasteiger partial charge in [-0.1, -0.05) is 44.2 Å². The maximum absolute atomic E-state index is 14.4. The van der Waals surface area contributed by atoms with Gasteiger partial charge in [0.2, 0.25) is 0 Å². The zero-order valence-corrected chi connectivity index (χ0v) is 12.7. The molecule has 0 aliphatic carbocycles. The Hall–Kier alpha value is -1.00. The summed E-state index contributed by atoms with van der Waals surface area (Å²) in [6.45, 7) is 6.69. The summed E-state index contributed by atoms with van der Waals surface area (Å²) >= 11 is 0. The van der Waals surface area contributed by atoms with Crippen LogP contribution in [0, 0.1) is 0 Å². The van der Waals surface area contributed by atoms with E-state index in [9.17, 15) is 8.78 Å². The van der Waals surface area contributed by atoms with E-state index in [4.69, 9.17) is 5.73 Å². The summed E-state index contributed by atoms with van der Waals surface area (Å²) in [5.41, 5.74) is 5.51. The van der Waals surface area contributed by atoms with Crippen LogP contribution >= 0.6 is 0 Å². The molecule has 20 heavy (non-hydrogen) atoms. The van der Waals surface area contributed by atoms with Gasteiger partial charge in [0, 0.05) is 17.6 Å². The largest absolute Gasteiger partial charge is 0.329 e. The van der Waals surface area contributed by atoms with Crippen molar-refractivity contribution >= 4 is 0 Å². The van der Waals surface area contributed by atoms with Crippen molar-refractivity contribution in [3.05, 3.63) is 35.9 Å². The summed E-state index contributed by atoms with van der Waals surface area (Å²) < 4.78 is 28.9. The summed E-state index contributed by atoms with van der Waals surface area (Å²) in [5, 5.41) is 0. The van der Waals surface area contributed by atoms with Gasteiger partial charge in [0.25, 0.3) is 5.92 Å². The standard InChI is InChI=1S/C16H26F2N2/c1-4-11-20(15(3,5-2)12-19)13-16(17,18)14-9-7-6-8-10-14/h6-10H,4-5,11-13,19H2,1-3H3. The Morgan fingerprint density at radius 1 is 1.15 bits per heavy atom. The lowest BCUT2D eigenvalue weighted by atomic mass is 9.94. The quantitative estimate of drug-likeness (QED) is 0.790. The van der Waals surface area contributed by atoms with E-state index in [0.29, 0.717) is 13.1 Å². The van der Waals surface area contributed by atoms with Crippen LogP contribution in [0.25, 0.3) is 0 Å². The Morgan fingerprint density at radius 3 is 2.20 bits per heavy atom.